The van der Waals surface area contributed by atoms with Gasteiger partial charge >= 0.3 is 0 Å². The van der Waals surface area contributed by atoms with E-state index in [4.69, 9.17) is 23.2 Å². The summed E-state index contributed by atoms with van der Waals surface area (Å²) in [6.07, 6.45) is 0. The van der Waals surface area contributed by atoms with Crippen LogP contribution < -0.4 is 0 Å². The van der Waals surface area contributed by atoms with Crippen molar-refractivity contribution in [3.8, 4) is 0 Å². The minimum absolute atomic E-state index is 0.0509. The molecule has 0 heterocycles. The molecule has 23 heavy (non-hydrogen) atoms. The van der Waals surface area contributed by atoms with E-state index in [1.807, 2.05) is 0 Å². The highest BCUT2D eigenvalue weighted by molar-refractivity contribution is 7.89. The second-order valence-corrected chi connectivity index (χ2v) is 7.90. The van der Waals surface area contributed by atoms with Crippen LogP contribution in [-0.2, 0) is 16.6 Å². The first kappa shape index (κ1) is 17.9. The van der Waals surface area contributed by atoms with Crippen molar-refractivity contribution >= 4 is 39.0 Å². The molecule has 122 valence electrons. The molecule has 2 aromatic rings. The third-order valence-corrected chi connectivity index (χ3v) is 5.94. The second-order valence-electron chi connectivity index (χ2n) is 5.04. The molecular formula is C16H15Cl2NO3S. The van der Waals surface area contributed by atoms with E-state index in [0.29, 0.717) is 21.2 Å². The Morgan fingerprint density at radius 2 is 1.57 bits per heavy atom. The SMILES string of the molecule is CC(=O)c1ccc(S(=O)(=O)N(C)Cc2c(Cl)cccc2Cl)cc1. The van der Waals surface area contributed by atoms with Gasteiger partial charge < -0.3 is 0 Å². The van der Waals surface area contributed by atoms with Crippen molar-refractivity contribution in [1.29, 1.82) is 0 Å². The van der Waals surface area contributed by atoms with Crippen LogP contribution >= 0.6 is 23.2 Å². The Kier molecular flexibility index (Phi) is 5.47. The van der Waals surface area contributed by atoms with Gasteiger partial charge in [0.15, 0.2) is 5.78 Å². The highest BCUT2D eigenvalue weighted by Crippen LogP contribution is 2.27. The molecule has 0 saturated carbocycles. The van der Waals surface area contributed by atoms with Gasteiger partial charge in [-0.3, -0.25) is 4.79 Å². The molecule has 4 nitrogen and oxygen atoms in total. The quantitative estimate of drug-likeness (QED) is 0.745. The summed E-state index contributed by atoms with van der Waals surface area (Å²) in [5.41, 5.74) is 1.00. The summed E-state index contributed by atoms with van der Waals surface area (Å²) >= 11 is 12.2. The van der Waals surface area contributed by atoms with Crippen LogP contribution in [0.3, 0.4) is 0 Å². The maximum atomic E-state index is 12.6. The molecule has 2 rings (SSSR count). The Bertz CT molecular complexity index is 813. The number of carbonyl (C=O) groups excluding carboxylic acids is 1. The largest absolute Gasteiger partial charge is 0.295 e. The topological polar surface area (TPSA) is 54.5 Å². The molecule has 0 fully saturated rings. The predicted molar refractivity (Wildman–Crippen MR) is 91.6 cm³/mol. The zero-order valence-corrected chi connectivity index (χ0v) is 14.9. The van der Waals surface area contributed by atoms with Crippen molar-refractivity contribution in [3.05, 3.63) is 63.6 Å². The van der Waals surface area contributed by atoms with Gasteiger partial charge in [0.1, 0.15) is 0 Å². The Balaban J connectivity index is 2.30. The molecule has 0 aliphatic carbocycles. The van der Waals surface area contributed by atoms with Crippen LogP contribution in [0.25, 0.3) is 0 Å². The van der Waals surface area contributed by atoms with E-state index in [9.17, 15) is 13.2 Å². The zero-order chi connectivity index (χ0) is 17.2. The van der Waals surface area contributed by atoms with Gasteiger partial charge in [-0.2, -0.15) is 4.31 Å². The lowest BCUT2D eigenvalue weighted by atomic mass is 10.2. The molecule has 0 radical (unpaired) electrons. The lowest BCUT2D eigenvalue weighted by Crippen LogP contribution is -2.26. The van der Waals surface area contributed by atoms with Gasteiger partial charge in [-0.05, 0) is 31.2 Å². The van der Waals surface area contributed by atoms with Crippen LogP contribution in [-0.4, -0.2) is 25.6 Å². The third kappa shape index (κ3) is 3.93. The summed E-state index contributed by atoms with van der Waals surface area (Å²) in [5, 5.41) is 0.818. The van der Waals surface area contributed by atoms with Crippen molar-refractivity contribution in [1.82, 2.24) is 4.31 Å². The molecule has 2 aromatic carbocycles. The van der Waals surface area contributed by atoms with Gasteiger partial charge in [0.25, 0.3) is 0 Å². The lowest BCUT2D eigenvalue weighted by Gasteiger charge is -2.19. The maximum absolute atomic E-state index is 12.6. The number of benzene rings is 2. The average molecular weight is 372 g/mol. The molecule has 0 saturated heterocycles. The summed E-state index contributed by atoms with van der Waals surface area (Å²) in [6, 6.07) is 10.8. The smallest absolute Gasteiger partial charge is 0.243 e. The molecule has 0 bridgehead atoms. The first-order valence-corrected chi connectivity index (χ1v) is 8.93. The number of Topliss-reactive ketones (excluding diaryl/α,β-unsaturated/α-hetero) is 1. The minimum atomic E-state index is -3.71. The van der Waals surface area contributed by atoms with Gasteiger partial charge in [0.05, 0.1) is 4.90 Å². The van der Waals surface area contributed by atoms with Crippen molar-refractivity contribution < 1.29 is 13.2 Å². The molecule has 0 spiro atoms. The lowest BCUT2D eigenvalue weighted by molar-refractivity contribution is 0.101. The Morgan fingerprint density at radius 1 is 1.04 bits per heavy atom. The molecule has 0 aromatic heterocycles. The molecule has 0 atom stereocenters. The third-order valence-electron chi connectivity index (χ3n) is 3.41. The highest BCUT2D eigenvalue weighted by Gasteiger charge is 2.22. The normalized spacial score (nSPS) is 11.7. The van der Waals surface area contributed by atoms with Crippen molar-refractivity contribution in [2.75, 3.05) is 7.05 Å². The second kappa shape index (κ2) is 7.01. The van der Waals surface area contributed by atoms with Crippen LogP contribution in [0.5, 0.6) is 0 Å². The number of halogens is 2. The van der Waals surface area contributed by atoms with E-state index in [1.165, 1.54) is 42.5 Å². The van der Waals surface area contributed by atoms with Gasteiger partial charge in [0.2, 0.25) is 10.0 Å². The summed E-state index contributed by atoms with van der Waals surface area (Å²) in [6.45, 7) is 1.48. The van der Waals surface area contributed by atoms with Crippen LogP contribution in [0.1, 0.15) is 22.8 Å². The van der Waals surface area contributed by atoms with Crippen molar-refractivity contribution in [2.24, 2.45) is 0 Å². The fourth-order valence-electron chi connectivity index (χ4n) is 2.03. The molecule has 0 aliphatic rings. The number of hydrogen-bond acceptors (Lipinski definition) is 3. The number of rotatable bonds is 5. The van der Waals surface area contributed by atoms with E-state index >= 15 is 0 Å². The van der Waals surface area contributed by atoms with E-state index in [0.717, 1.165) is 0 Å². The van der Waals surface area contributed by atoms with E-state index in [2.05, 4.69) is 0 Å². The minimum Gasteiger partial charge on any atom is -0.295 e. The monoisotopic (exact) mass is 371 g/mol. The van der Waals surface area contributed by atoms with Crippen LogP contribution in [0.4, 0.5) is 0 Å². The zero-order valence-electron chi connectivity index (χ0n) is 12.6. The molecule has 0 amide bonds. The Hall–Kier alpha value is -1.40. The Morgan fingerprint density at radius 3 is 2.04 bits per heavy atom. The summed E-state index contributed by atoms with van der Waals surface area (Å²) in [4.78, 5) is 11.4. The first-order valence-electron chi connectivity index (χ1n) is 6.73. The fourth-order valence-corrected chi connectivity index (χ4v) is 3.69. The van der Waals surface area contributed by atoms with Crippen LogP contribution in [0.15, 0.2) is 47.4 Å². The molecule has 0 N–H and O–H groups in total. The molecule has 7 heteroatoms. The van der Waals surface area contributed by atoms with Gasteiger partial charge in [-0.25, -0.2) is 8.42 Å². The maximum Gasteiger partial charge on any atom is 0.243 e. The van der Waals surface area contributed by atoms with Gasteiger partial charge in [-0.1, -0.05) is 41.4 Å². The van der Waals surface area contributed by atoms with E-state index < -0.39 is 10.0 Å². The van der Waals surface area contributed by atoms with E-state index in [-0.39, 0.29) is 17.2 Å². The molecule has 0 aliphatic heterocycles. The average Bonchev–Trinajstić information content (AvgIpc) is 2.50. The summed E-state index contributed by atoms with van der Waals surface area (Å²) in [5.74, 6) is -0.120. The summed E-state index contributed by atoms with van der Waals surface area (Å²) < 4.78 is 26.4. The predicted octanol–water partition coefficient (Wildman–Crippen LogP) is 4.02. The number of sulfonamides is 1. The van der Waals surface area contributed by atoms with Crippen molar-refractivity contribution in [3.63, 3.8) is 0 Å². The number of hydrogen-bond donors (Lipinski definition) is 0. The molecular weight excluding hydrogens is 357 g/mol. The molecule has 0 unspecified atom stereocenters. The van der Waals surface area contributed by atoms with Crippen LogP contribution in [0, 0.1) is 0 Å². The number of ketones is 1. The van der Waals surface area contributed by atoms with Gasteiger partial charge in [0, 0.05) is 34.8 Å². The standard InChI is InChI=1S/C16H15Cl2NO3S/c1-11(20)12-6-8-13(9-7-12)23(21,22)19(2)10-14-15(17)4-3-5-16(14)18/h3-9H,10H2,1-2H3. The highest BCUT2D eigenvalue weighted by atomic mass is 35.5. The van der Waals surface area contributed by atoms with Crippen LogP contribution in [0.2, 0.25) is 10.0 Å². The Labute approximate surface area is 145 Å². The summed E-state index contributed by atoms with van der Waals surface area (Å²) in [7, 11) is -2.26. The first-order chi connectivity index (χ1) is 10.7. The van der Waals surface area contributed by atoms with E-state index in [1.54, 1.807) is 18.2 Å². The van der Waals surface area contributed by atoms with Crippen molar-refractivity contribution in [2.45, 2.75) is 18.4 Å². The number of carbonyl (C=O) groups is 1. The fraction of sp³-hybridized carbons (Fsp3) is 0.188. The van der Waals surface area contributed by atoms with Gasteiger partial charge in [-0.15, -0.1) is 0 Å². The number of nitrogens with zero attached hydrogens (tertiary/aromatic N) is 1.